The van der Waals surface area contributed by atoms with E-state index in [0.29, 0.717) is 5.92 Å². The summed E-state index contributed by atoms with van der Waals surface area (Å²) in [6.45, 7) is 3.58. The van der Waals surface area contributed by atoms with Crippen LogP contribution in [0.3, 0.4) is 0 Å². The monoisotopic (exact) mass is 186 g/mol. The van der Waals surface area contributed by atoms with Gasteiger partial charge in [-0.25, -0.2) is 4.79 Å². The number of hydrogen-bond acceptors (Lipinski definition) is 3. The topological polar surface area (TPSA) is 55.6 Å². The minimum absolute atomic E-state index is 0.219. The maximum Gasteiger partial charge on any atom is 0.409 e. The van der Waals surface area contributed by atoms with Gasteiger partial charge in [-0.2, -0.15) is 0 Å². The van der Waals surface area contributed by atoms with Crippen molar-refractivity contribution in [2.45, 2.75) is 25.8 Å². The molecule has 13 heavy (non-hydrogen) atoms. The van der Waals surface area contributed by atoms with Crippen LogP contribution in [0.4, 0.5) is 4.79 Å². The molecule has 0 radical (unpaired) electrons. The molecule has 1 aliphatic heterocycles. The zero-order valence-corrected chi connectivity index (χ0v) is 8.32. The Kier molecular flexibility index (Phi) is 3.54. The maximum atomic E-state index is 11.1. The third-order valence-electron chi connectivity index (χ3n) is 2.72. The van der Waals surface area contributed by atoms with E-state index < -0.39 is 0 Å². The van der Waals surface area contributed by atoms with E-state index in [1.54, 1.807) is 4.90 Å². The molecule has 1 saturated heterocycles. The maximum absolute atomic E-state index is 11.1. The van der Waals surface area contributed by atoms with Crippen molar-refractivity contribution in [1.82, 2.24) is 4.90 Å². The van der Waals surface area contributed by atoms with Gasteiger partial charge in [0.15, 0.2) is 0 Å². The second-order valence-electron chi connectivity index (χ2n) is 3.65. The normalized spacial score (nSPS) is 21.3. The minimum Gasteiger partial charge on any atom is -0.453 e. The van der Waals surface area contributed by atoms with E-state index in [9.17, 15) is 4.79 Å². The highest BCUT2D eigenvalue weighted by atomic mass is 16.5. The second-order valence-corrected chi connectivity index (χ2v) is 3.65. The predicted octanol–water partition coefficient (Wildman–Crippen LogP) is 0.812. The Morgan fingerprint density at radius 2 is 2.08 bits per heavy atom. The van der Waals surface area contributed by atoms with Gasteiger partial charge in [-0.3, -0.25) is 0 Å². The Morgan fingerprint density at radius 1 is 1.54 bits per heavy atom. The molecule has 1 rings (SSSR count). The summed E-state index contributed by atoms with van der Waals surface area (Å²) in [5.74, 6) is 0.556. The second kappa shape index (κ2) is 4.46. The molecule has 0 spiro atoms. The van der Waals surface area contributed by atoms with Crippen molar-refractivity contribution in [2.24, 2.45) is 11.7 Å². The molecule has 0 unspecified atom stereocenters. The number of hydrogen-bond donors (Lipinski definition) is 1. The minimum atomic E-state index is -0.219. The van der Waals surface area contributed by atoms with Gasteiger partial charge in [0, 0.05) is 19.1 Å². The Balaban J connectivity index is 2.34. The van der Waals surface area contributed by atoms with Crippen LogP contribution in [0.15, 0.2) is 0 Å². The van der Waals surface area contributed by atoms with Gasteiger partial charge in [0.25, 0.3) is 0 Å². The van der Waals surface area contributed by atoms with E-state index in [1.807, 2.05) is 6.92 Å². The lowest BCUT2D eigenvalue weighted by molar-refractivity contribution is 0.103. The quantitative estimate of drug-likeness (QED) is 0.659. The summed E-state index contributed by atoms with van der Waals surface area (Å²) in [6.07, 6.45) is 1.77. The summed E-state index contributed by atoms with van der Waals surface area (Å²) in [5.41, 5.74) is 5.79. The zero-order chi connectivity index (χ0) is 9.84. The fourth-order valence-electron chi connectivity index (χ4n) is 1.74. The number of nitrogens with two attached hydrogens (primary N) is 1. The highest BCUT2D eigenvalue weighted by Crippen LogP contribution is 2.19. The first-order chi connectivity index (χ1) is 6.15. The van der Waals surface area contributed by atoms with Crippen LogP contribution in [0.25, 0.3) is 0 Å². The third-order valence-corrected chi connectivity index (χ3v) is 2.72. The number of piperidine rings is 1. The molecular formula is C9H18N2O2. The van der Waals surface area contributed by atoms with E-state index in [-0.39, 0.29) is 12.1 Å². The van der Waals surface area contributed by atoms with Crippen LogP contribution in [-0.4, -0.2) is 37.2 Å². The lowest BCUT2D eigenvalue weighted by Crippen LogP contribution is -2.42. The molecule has 0 saturated carbocycles. The van der Waals surface area contributed by atoms with Gasteiger partial charge in [0.05, 0.1) is 7.11 Å². The first-order valence-electron chi connectivity index (χ1n) is 4.73. The van der Waals surface area contributed by atoms with E-state index in [4.69, 9.17) is 5.73 Å². The number of ether oxygens (including phenoxy) is 1. The summed E-state index contributed by atoms with van der Waals surface area (Å²) in [4.78, 5) is 12.9. The van der Waals surface area contributed by atoms with Crippen molar-refractivity contribution in [3.63, 3.8) is 0 Å². The summed E-state index contributed by atoms with van der Waals surface area (Å²) in [7, 11) is 1.42. The summed E-state index contributed by atoms with van der Waals surface area (Å²) in [6, 6.07) is 0.236. The van der Waals surface area contributed by atoms with Crippen molar-refractivity contribution >= 4 is 6.09 Å². The number of carbonyl (C=O) groups excluding carboxylic acids is 1. The largest absolute Gasteiger partial charge is 0.453 e. The number of nitrogens with zero attached hydrogens (tertiary/aromatic N) is 1. The fourth-order valence-corrected chi connectivity index (χ4v) is 1.74. The van der Waals surface area contributed by atoms with Crippen molar-refractivity contribution < 1.29 is 9.53 Å². The molecule has 1 amide bonds. The Hall–Kier alpha value is -0.770. The summed E-state index contributed by atoms with van der Waals surface area (Å²) in [5, 5.41) is 0. The molecular weight excluding hydrogens is 168 g/mol. The van der Waals surface area contributed by atoms with Crippen LogP contribution in [-0.2, 0) is 4.74 Å². The van der Waals surface area contributed by atoms with Crippen molar-refractivity contribution in [1.29, 1.82) is 0 Å². The van der Waals surface area contributed by atoms with Crippen LogP contribution in [0.5, 0.6) is 0 Å². The van der Waals surface area contributed by atoms with Crippen molar-refractivity contribution in [3.05, 3.63) is 0 Å². The molecule has 2 N–H and O–H groups in total. The van der Waals surface area contributed by atoms with Crippen LogP contribution in [0.1, 0.15) is 19.8 Å². The number of carbonyl (C=O) groups is 1. The smallest absolute Gasteiger partial charge is 0.409 e. The molecule has 1 fully saturated rings. The van der Waals surface area contributed by atoms with Crippen LogP contribution < -0.4 is 5.73 Å². The standard InChI is InChI=1S/C9H18N2O2/c1-7(10)8-3-5-11(6-4-8)9(12)13-2/h7-8H,3-6,10H2,1-2H3/t7-/m1/s1. The molecule has 1 aliphatic rings. The SMILES string of the molecule is COC(=O)N1CCC([C@@H](C)N)CC1. The fraction of sp³-hybridized carbons (Fsp3) is 0.889. The summed E-state index contributed by atoms with van der Waals surface area (Å²) >= 11 is 0. The van der Waals surface area contributed by atoms with E-state index in [0.717, 1.165) is 25.9 Å². The molecule has 0 bridgehead atoms. The zero-order valence-electron chi connectivity index (χ0n) is 8.32. The molecule has 0 aromatic heterocycles. The molecule has 76 valence electrons. The van der Waals surface area contributed by atoms with E-state index in [1.165, 1.54) is 7.11 Å². The van der Waals surface area contributed by atoms with Gasteiger partial charge >= 0.3 is 6.09 Å². The van der Waals surface area contributed by atoms with Crippen LogP contribution in [0, 0.1) is 5.92 Å². The highest BCUT2D eigenvalue weighted by Gasteiger charge is 2.24. The van der Waals surface area contributed by atoms with E-state index in [2.05, 4.69) is 4.74 Å². The lowest BCUT2D eigenvalue weighted by atomic mass is 9.91. The highest BCUT2D eigenvalue weighted by molar-refractivity contribution is 5.67. The predicted molar refractivity (Wildman–Crippen MR) is 50.4 cm³/mol. The van der Waals surface area contributed by atoms with Gasteiger partial charge in [0.1, 0.15) is 0 Å². The number of amides is 1. The Morgan fingerprint density at radius 3 is 2.46 bits per heavy atom. The van der Waals surface area contributed by atoms with Gasteiger partial charge in [-0.15, -0.1) is 0 Å². The molecule has 4 nitrogen and oxygen atoms in total. The molecule has 0 aliphatic carbocycles. The summed E-state index contributed by atoms with van der Waals surface area (Å²) < 4.78 is 4.64. The van der Waals surface area contributed by atoms with Crippen molar-refractivity contribution in [3.8, 4) is 0 Å². The molecule has 1 atom stereocenters. The molecule has 4 heteroatoms. The first kappa shape index (κ1) is 10.3. The number of methoxy groups -OCH3 is 1. The van der Waals surface area contributed by atoms with Gasteiger partial charge < -0.3 is 15.4 Å². The average Bonchev–Trinajstić information content (AvgIpc) is 2.17. The Bertz CT molecular complexity index is 174. The molecule has 0 aromatic rings. The van der Waals surface area contributed by atoms with Gasteiger partial charge in [-0.05, 0) is 25.7 Å². The molecule has 0 aromatic carbocycles. The van der Waals surface area contributed by atoms with Gasteiger partial charge in [-0.1, -0.05) is 0 Å². The van der Waals surface area contributed by atoms with Crippen molar-refractivity contribution in [2.75, 3.05) is 20.2 Å². The van der Waals surface area contributed by atoms with E-state index >= 15 is 0 Å². The number of rotatable bonds is 1. The third kappa shape index (κ3) is 2.59. The van der Waals surface area contributed by atoms with Crippen LogP contribution in [0.2, 0.25) is 0 Å². The number of likely N-dealkylation sites (tertiary alicyclic amines) is 1. The molecule has 1 heterocycles. The average molecular weight is 186 g/mol. The van der Waals surface area contributed by atoms with Crippen LogP contribution >= 0.6 is 0 Å². The first-order valence-corrected chi connectivity index (χ1v) is 4.73. The lowest BCUT2D eigenvalue weighted by Gasteiger charge is -2.32. The Labute approximate surface area is 79.0 Å². The van der Waals surface area contributed by atoms with Gasteiger partial charge in [0.2, 0.25) is 0 Å².